The van der Waals surface area contributed by atoms with Crippen molar-refractivity contribution in [2.24, 2.45) is 0 Å². The van der Waals surface area contributed by atoms with Crippen molar-refractivity contribution < 1.29 is 9.59 Å². The molecule has 0 aromatic carbocycles. The van der Waals surface area contributed by atoms with Gasteiger partial charge in [-0.25, -0.2) is 0 Å². The molecule has 2 N–H and O–H groups in total. The van der Waals surface area contributed by atoms with Crippen molar-refractivity contribution in [1.82, 2.24) is 15.6 Å². The zero-order valence-electron chi connectivity index (χ0n) is 10.1. The van der Waals surface area contributed by atoms with Crippen LogP contribution < -0.4 is 10.6 Å². The van der Waals surface area contributed by atoms with Gasteiger partial charge in [-0.1, -0.05) is 0 Å². The summed E-state index contributed by atoms with van der Waals surface area (Å²) in [7, 11) is 1.54. The molecular formula is C12H13N3O2S. The minimum Gasteiger partial charge on any atom is -0.357 e. The lowest BCUT2D eigenvalue weighted by Crippen LogP contribution is -2.43. The lowest BCUT2D eigenvalue weighted by molar-refractivity contribution is -0.122. The number of carbonyl (C=O) groups excluding carboxylic acids is 2. The van der Waals surface area contributed by atoms with E-state index in [0.29, 0.717) is 4.88 Å². The number of thiophene rings is 1. The molecule has 0 unspecified atom stereocenters. The van der Waals surface area contributed by atoms with E-state index in [1.807, 2.05) is 6.07 Å². The van der Waals surface area contributed by atoms with Crippen LogP contribution in [-0.2, 0) is 4.79 Å². The van der Waals surface area contributed by atoms with Crippen LogP contribution >= 0.6 is 11.3 Å². The second kappa shape index (κ2) is 5.14. The van der Waals surface area contributed by atoms with Crippen molar-refractivity contribution in [3.8, 4) is 0 Å². The van der Waals surface area contributed by atoms with Gasteiger partial charge in [0.15, 0.2) is 0 Å². The average molecular weight is 263 g/mol. The Bertz CT molecular complexity index is 561. The number of carbonyl (C=O) groups is 2. The third-order valence-electron chi connectivity index (χ3n) is 2.53. The quantitative estimate of drug-likeness (QED) is 0.873. The maximum absolute atomic E-state index is 11.9. The molecule has 0 saturated carbocycles. The molecule has 2 amide bonds. The van der Waals surface area contributed by atoms with E-state index in [9.17, 15) is 9.59 Å². The van der Waals surface area contributed by atoms with Gasteiger partial charge in [-0.3, -0.25) is 14.6 Å². The van der Waals surface area contributed by atoms with Crippen LogP contribution in [0.4, 0.5) is 0 Å². The summed E-state index contributed by atoms with van der Waals surface area (Å²) in [4.78, 5) is 27.8. The van der Waals surface area contributed by atoms with Crippen LogP contribution in [0.1, 0.15) is 16.6 Å². The van der Waals surface area contributed by atoms with Crippen LogP contribution in [0.2, 0.25) is 0 Å². The molecule has 0 spiro atoms. The summed E-state index contributed by atoms with van der Waals surface area (Å²) in [6.07, 6.45) is 3.41. The maximum Gasteiger partial charge on any atom is 0.262 e. The van der Waals surface area contributed by atoms with E-state index in [1.54, 1.807) is 25.4 Å². The zero-order chi connectivity index (χ0) is 13.1. The van der Waals surface area contributed by atoms with Gasteiger partial charge in [-0.15, -0.1) is 11.3 Å². The summed E-state index contributed by atoms with van der Waals surface area (Å²) in [6.45, 7) is 1.64. The molecule has 0 radical (unpaired) electrons. The highest BCUT2D eigenvalue weighted by Crippen LogP contribution is 2.24. The highest BCUT2D eigenvalue weighted by Gasteiger charge is 2.16. The van der Waals surface area contributed by atoms with E-state index in [0.717, 1.165) is 10.1 Å². The number of fused-ring (bicyclic) bond motifs is 1. The van der Waals surface area contributed by atoms with Gasteiger partial charge in [0.1, 0.15) is 6.04 Å². The first kappa shape index (κ1) is 12.5. The number of nitrogens with one attached hydrogen (secondary N) is 2. The van der Waals surface area contributed by atoms with E-state index >= 15 is 0 Å². The smallest absolute Gasteiger partial charge is 0.262 e. The molecule has 18 heavy (non-hydrogen) atoms. The number of aromatic nitrogens is 1. The Morgan fingerprint density at radius 2 is 2.22 bits per heavy atom. The number of nitrogens with zero attached hydrogens (tertiary/aromatic N) is 1. The molecule has 2 heterocycles. The standard InChI is InChI=1S/C12H13N3O2S/c1-7(11(16)13-2)15-12(17)9-5-8-3-4-14-6-10(8)18-9/h3-7H,1-2H3,(H,13,16)(H,15,17)/t7-/m0/s1. The van der Waals surface area contributed by atoms with Crippen molar-refractivity contribution in [2.45, 2.75) is 13.0 Å². The van der Waals surface area contributed by atoms with E-state index in [2.05, 4.69) is 15.6 Å². The third kappa shape index (κ3) is 2.48. The lowest BCUT2D eigenvalue weighted by Gasteiger charge is -2.10. The first-order valence-electron chi connectivity index (χ1n) is 5.48. The Morgan fingerprint density at radius 3 is 2.89 bits per heavy atom. The van der Waals surface area contributed by atoms with Gasteiger partial charge in [-0.05, 0) is 24.4 Å². The number of likely N-dealkylation sites (N-methyl/N-ethyl adjacent to an activating group) is 1. The Morgan fingerprint density at radius 1 is 1.44 bits per heavy atom. The van der Waals surface area contributed by atoms with Crippen molar-refractivity contribution in [3.63, 3.8) is 0 Å². The monoisotopic (exact) mass is 263 g/mol. The zero-order valence-corrected chi connectivity index (χ0v) is 10.9. The van der Waals surface area contributed by atoms with Crippen LogP contribution in [0, 0.1) is 0 Å². The van der Waals surface area contributed by atoms with Gasteiger partial charge in [0.2, 0.25) is 5.91 Å². The van der Waals surface area contributed by atoms with Gasteiger partial charge in [-0.2, -0.15) is 0 Å². The van der Waals surface area contributed by atoms with Crippen LogP contribution in [0.5, 0.6) is 0 Å². The topological polar surface area (TPSA) is 71.1 Å². The molecule has 2 aromatic heterocycles. The van der Waals surface area contributed by atoms with Crippen LogP contribution in [0.25, 0.3) is 10.1 Å². The Balaban J connectivity index is 2.16. The summed E-state index contributed by atoms with van der Waals surface area (Å²) in [5.41, 5.74) is 0. The molecule has 6 heteroatoms. The van der Waals surface area contributed by atoms with Crippen LogP contribution in [0.15, 0.2) is 24.5 Å². The van der Waals surface area contributed by atoms with E-state index < -0.39 is 6.04 Å². The number of amides is 2. The molecule has 0 aliphatic heterocycles. The Hall–Kier alpha value is -1.95. The second-order valence-corrected chi connectivity index (χ2v) is 4.92. The molecule has 0 saturated heterocycles. The van der Waals surface area contributed by atoms with Gasteiger partial charge in [0.25, 0.3) is 5.91 Å². The number of rotatable bonds is 3. The van der Waals surface area contributed by atoms with E-state index in [4.69, 9.17) is 0 Å². The van der Waals surface area contributed by atoms with E-state index in [-0.39, 0.29) is 11.8 Å². The minimum absolute atomic E-state index is 0.217. The molecule has 0 aliphatic carbocycles. The van der Waals surface area contributed by atoms with Crippen molar-refractivity contribution in [3.05, 3.63) is 29.4 Å². The average Bonchev–Trinajstić information content (AvgIpc) is 2.81. The normalized spacial score (nSPS) is 12.1. The van der Waals surface area contributed by atoms with Gasteiger partial charge >= 0.3 is 0 Å². The molecular weight excluding hydrogens is 250 g/mol. The van der Waals surface area contributed by atoms with Gasteiger partial charge in [0.05, 0.1) is 9.58 Å². The maximum atomic E-state index is 11.9. The molecule has 5 nitrogen and oxygen atoms in total. The number of hydrogen-bond donors (Lipinski definition) is 2. The fourth-order valence-electron chi connectivity index (χ4n) is 1.55. The highest BCUT2D eigenvalue weighted by molar-refractivity contribution is 7.20. The second-order valence-electron chi connectivity index (χ2n) is 3.83. The van der Waals surface area contributed by atoms with Crippen LogP contribution in [0.3, 0.4) is 0 Å². The number of hydrogen-bond acceptors (Lipinski definition) is 4. The van der Waals surface area contributed by atoms with Crippen molar-refractivity contribution >= 4 is 33.2 Å². The molecule has 0 bridgehead atoms. The van der Waals surface area contributed by atoms with E-state index in [1.165, 1.54) is 18.4 Å². The molecule has 0 aliphatic rings. The first-order valence-corrected chi connectivity index (χ1v) is 6.29. The number of pyridine rings is 1. The predicted molar refractivity (Wildman–Crippen MR) is 70.6 cm³/mol. The van der Waals surface area contributed by atoms with Crippen molar-refractivity contribution in [1.29, 1.82) is 0 Å². The van der Waals surface area contributed by atoms with Gasteiger partial charge < -0.3 is 10.6 Å². The lowest BCUT2D eigenvalue weighted by atomic mass is 10.3. The summed E-state index contributed by atoms with van der Waals surface area (Å²) >= 11 is 1.36. The highest BCUT2D eigenvalue weighted by atomic mass is 32.1. The fraction of sp³-hybridized carbons (Fsp3) is 0.250. The molecule has 1 atom stereocenters. The molecule has 94 valence electrons. The predicted octanol–water partition coefficient (Wildman–Crippen LogP) is 1.16. The Labute approximate surface area is 108 Å². The summed E-state index contributed by atoms with van der Waals surface area (Å²) in [6, 6.07) is 3.10. The largest absolute Gasteiger partial charge is 0.357 e. The third-order valence-corrected chi connectivity index (χ3v) is 3.62. The summed E-state index contributed by atoms with van der Waals surface area (Å²) in [5, 5.41) is 6.11. The van der Waals surface area contributed by atoms with Crippen molar-refractivity contribution in [2.75, 3.05) is 7.05 Å². The molecule has 2 rings (SSSR count). The fourth-order valence-corrected chi connectivity index (χ4v) is 2.48. The summed E-state index contributed by atoms with van der Waals surface area (Å²) in [5.74, 6) is -0.460. The first-order chi connectivity index (χ1) is 8.61. The molecule has 2 aromatic rings. The SMILES string of the molecule is CNC(=O)[C@H](C)NC(=O)c1cc2ccncc2s1. The molecule has 0 fully saturated rings. The van der Waals surface area contributed by atoms with Crippen LogP contribution in [-0.4, -0.2) is 29.9 Å². The minimum atomic E-state index is -0.550. The van der Waals surface area contributed by atoms with Gasteiger partial charge in [0, 0.05) is 19.4 Å². The summed E-state index contributed by atoms with van der Waals surface area (Å²) < 4.78 is 0.954. The Kier molecular flexibility index (Phi) is 3.57.